The van der Waals surface area contributed by atoms with Crippen molar-refractivity contribution in [1.29, 1.82) is 0 Å². The van der Waals surface area contributed by atoms with E-state index in [1.807, 2.05) is 0 Å². The van der Waals surface area contributed by atoms with Gasteiger partial charge in [0.15, 0.2) is 5.82 Å². The van der Waals surface area contributed by atoms with Gasteiger partial charge in [-0.3, -0.25) is 0 Å². The van der Waals surface area contributed by atoms with Crippen LogP contribution in [-0.2, 0) is 0 Å². The molecule has 4 nitrogen and oxygen atoms in total. The van der Waals surface area contributed by atoms with Gasteiger partial charge in [0.1, 0.15) is 0 Å². The molecule has 5 aromatic heterocycles. The standard InChI is InChI=1S/C50H28N4S/c1-2-12-29(13-3-1)45-49-46(36-18-8-11-21-43(36)55-49)52-50(51-45)30-22-24-33(25-23-30)53-40-19-9-6-16-34(40)37-28-38-35-17-7-10-20-41(35)54-42-27-32-15-5-4-14-31(32)26-39(42)44(47(37)53)48(38)54/h1-28H. The summed E-state index contributed by atoms with van der Waals surface area (Å²) < 4.78 is 7.31. The predicted octanol–water partition coefficient (Wildman–Crippen LogP) is 13.6. The van der Waals surface area contributed by atoms with E-state index in [1.165, 1.54) is 80.8 Å². The van der Waals surface area contributed by atoms with Crippen LogP contribution in [0.5, 0.6) is 0 Å². The van der Waals surface area contributed by atoms with Crippen LogP contribution in [0.4, 0.5) is 0 Å². The Morgan fingerprint density at radius 3 is 1.91 bits per heavy atom. The molecule has 0 saturated heterocycles. The molecule has 0 atom stereocenters. The highest BCUT2D eigenvalue weighted by molar-refractivity contribution is 7.26. The van der Waals surface area contributed by atoms with Gasteiger partial charge in [-0.15, -0.1) is 11.3 Å². The Balaban J connectivity index is 1.10. The van der Waals surface area contributed by atoms with Crippen molar-refractivity contribution in [2.45, 2.75) is 0 Å². The molecule has 0 saturated carbocycles. The SMILES string of the molecule is c1ccc(-c2nc(-c3ccc(-n4c5ccccc5c5cc6c7ccccc7n7c8cc9ccccc9cc8c(c54)c67)cc3)nc3c2sc2ccccc23)cc1. The molecule has 13 aromatic rings. The number of hydrogen-bond donors (Lipinski definition) is 0. The molecule has 8 aromatic carbocycles. The average Bonchev–Trinajstić information content (AvgIpc) is 3.98. The third kappa shape index (κ3) is 3.94. The lowest BCUT2D eigenvalue weighted by Crippen LogP contribution is -1.96. The summed E-state index contributed by atoms with van der Waals surface area (Å²) >= 11 is 1.77. The molecule has 0 radical (unpaired) electrons. The first kappa shape index (κ1) is 29.4. The number of fused-ring (bicyclic) bond motifs is 14. The van der Waals surface area contributed by atoms with Crippen LogP contribution in [0.25, 0.3) is 119 Å². The van der Waals surface area contributed by atoms with Crippen LogP contribution in [-0.4, -0.2) is 18.9 Å². The molecule has 0 fully saturated rings. The van der Waals surface area contributed by atoms with Gasteiger partial charge in [-0.25, -0.2) is 9.97 Å². The summed E-state index contributed by atoms with van der Waals surface area (Å²) in [5, 5.41) is 11.3. The zero-order valence-electron chi connectivity index (χ0n) is 29.4. The quantitative estimate of drug-likeness (QED) is 0.182. The van der Waals surface area contributed by atoms with E-state index >= 15 is 0 Å². The summed E-state index contributed by atoms with van der Waals surface area (Å²) in [6.07, 6.45) is 0. The first-order valence-electron chi connectivity index (χ1n) is 18.7. The molecular formula is C50H28N4S. The zero-order chi connectivity index (χ0) is 35.8. The first-order valence-corrected chi connectivity index (χ1v) is 19.5. The number of thiophene rings is 1. The van der Waals surface area contributed by atoms with Gasteiger partial charge in [-0.2, -0.15) is 0 Å². The van der Waals surface area contributed by atoms with Crippen LogP contribution in [0, 0.1) is 0 Å². The normalized spacial score (nSPS) is 12.4. The van der Waals surface area contributed by atoms with Crippen molar-refractivity contribution in [1.82, 2.24) is 18.9 Å². The molecule has 0 aliphatic rings. The van der Waals surface area contributed by atoms with E-state index in [-0.39, 0.29) is 0 Å². The van der Waals surface area contributed by atoms with Crippen LogP contribution in [0.3, 0.4) is 0 Å². The average molecular weight is 717 g/mol. The van der Waals surface area contributed by atoms with Crippen LogP contribution >= 0.6 is 11.3 Å². The van der Waals surface area contributed by atoms with Crippen molar-refractivity contribution < 1.29 is 0 Å². The van der Waals surface area contributed by atoms with Gasteiger partial charge in [0, 0.05) is 59.2 Å². The van der Waals surface area contributed by atoms with E-state index in [0.717, 1.165) is 38.5 Å². The van der Waals surface area contributed by atoms with Gasteiger partial charge < -0.3 is 8.97 Å². The van der Waals surface area contributed by atoms with Crippen molar-refractivity contribution in [3.8, 4) is 28.3 Å². The zero-order valence-corrected chi connectivity index (χ0v) is 30.2. The fourth-order valence-electron chi connectivity index (χ4n) is 9.23. The highest BCUT2D eigenvalue weighted by Crippen LogP contribution is 2.47. The second-order valence-electron chi connectivity index (χ2n) is 14.6. The molecule has 55 heavy (non-hydrogen) atoms. The lowest BCUT2D eigenvalue weighted by Gasteiger charge is -2.11. The van der Waals surface area contributed by atoms with Crippen LogP contribution in [0.15, 0.2) is 170 Å². The fraction of sp³-hybridized carbons (Fsp3) is 0. The van der Waals surface area contributed by atoms with Crippen LogP contribution in [0.2, 0.25) is 0 Å². The Morgan fingerprint density at radius 1 is 0.436 bits per heavy atom. The van der Waals surface area contributed by atoms with Crippen molar-refractivity contribution >= 4 is 102 Å². The molecule has 5 heterocycles. The minimum Gasteiger partial charge on any atom is -0.309 e. The number of para-hydroxylation sites is 2. The molecule has 0 aliphatic carbocycles. The Kier molecular flexibility index (Phi) is 5.74. The van der Waals surface area contributed by atoms with Crippen LogP contribution in [0.1, 0.15) is 0 Å². The van der Waals surface area contributed by atoms with Gasteiger partial charge >= 0.3 is 0 Å². The smallest absolute Gasteiger partial charge is 0.160 e. The highest BCUT2D eigenvalue weighted by atomic mass is 32.1. The van der Waals surface area contributed by atoms with Crippen molar-refractivity contribution in [3.05, 3.63) is 170 Å². The monoisotopic (exact) mass is 716 g/mol. The third-order valence-electron chi connectivity index (χ3n) is 11.6. The van der Waals surface area contributed by atoms with Crippen molar-refractivity contribution in [2.24, 2.45) is 0 Å². The molecule has 0 amide bonds. The van der Waals surface area contributed by atoms with Gasteiger partial charge in [0.2, 0.25) is 0 Å². The van der Waals surface area contributed by atoms with E-state index in [9.17, 15) is 0 Å². The first-order chi connectivity index (χ1) is 27.3. The highest BCUT2D eigenvalue weighted by Gasteiger charge is 2.25. The Morgan fingerprint density at radius 2 is 1.09 bits per heavy atom. The topological polar surface area (TPSA) is 35.1 Å². The van der Waals surface area contributed by atoms with E-state index in [1.54, 1.807) is 11.3 Å². The molecule has 254 valence electrons. The number of nitrogens with zero attached hydrogens (tertiary/aromatic N) is 4. The number of benzene rings is 8. The second kappa shape index (κ2) is 10.8. The molecule has 0 bridgehead atoms. The summed E-state index contributed by atoms with van der Waals surface area (Å²) in [6.45, 7) is 0. The van der Waals surface area contributed by atoms with Gasteiger partial charge in [-0.05, 0) is 71.4 Å². The summed E-state index contributed by atoms with van der Waals surface area (Å²) in [5.74, 6) is 0.731. The third-order valence-corrected chi connectivity index (χ3v) is 12.8. The Labute approximate surface area is 318 Å². The van der Waals surface area contributed by atoms with Gasteiger partial charge in [0.25, 0.3) is 0 Å². The summed E-state index contributed by atoms with van der Waals surface area (Å²) in [4.78, 5) is 10.5. The predicted molar refractivity (Wildman–Crippen MR) is 232 cm³/mol. The molecule has 0 unspecified atom stereocenters. The van der Waals surface area contributed by atoms with Crippen LogP contribution < -0.4 is 0 Å². The lowest BCUT2D eigenvalue weighted by molar-refractivity contribution is 1.18. The number of aromatic nitrogens is 4. The van der Waals surface area contributed by atoms with E-state index in [2.05, 4.69) is 179 Å². The Hall–Kier alpha value is -7.08. The van der Waals surface area contributed by atoms with Gasteiger partial charge in [-0.1, -0.05) is 109 Å². The molecule has 0 aliphatic heterocycles. The number of hydrogen-bond acceptors (Lipinski definition) is 3. The molecule has 5 heteroatoms. The summed E-state index contributed by atoms with van der Waals surface area (Å²) in [5.41, 5.74) is 11.3. The van der Waals surface area contributed by atoms with E-state index < -0.39 is 0 Å². The molecule has 0 spiro atoms. The maximum atomic E-state index is 5.26. The van der Waals surface area contributed by atoms with Crippen molar-refractivity contribution in [3.63, 3.8) is 0 Å². The Bertz CT molecular complexity index is 3700. The maximum absolute atomic E-state index is 5.26. The van der Waals surface area contributed by atoms with E-state index in [4.69, 9.17) is 9.97 Å². The minimum absolute atomic E-state index is 0.731. The number of rotatable bonds is 3. The molecular weight excluding hydrogens is 689 g/mol. The minimum atomic E-state index is 0.731. The molecule has 0 N–H and O–H groups in total. The summed E-state index contributed by atoms with van der Waals surface area (Å²) in [6, 6.07) is 61.5. The fourth-order valence-corrected chi connectivity index (χ4v) is 10.4. The van der Waals surface area contributed by atoms with E-state index in [0.29, 0.717) is 0 Å². The summed E-state index contributed by atoms with van der Waals surface area (Å²) in [7, 11) is 0. The molecule has 13 rings (SSSR count). The maximum Gasteiger partial charge on any atom is 0.160 e. The van der Waals surface area contributed by atoms with Gasteiger partial charge in [0.05, 0.1) is 43.5 Å². The van der Waals surface area contributed by atoms with Crippen molar-refractivity contribution in [2.75, 3.05) is 0 Å². The largest absolute Gasteiger partial charge is 0.309 e. The lowest BCUT2D eigenvalue weighted by atomic mass is 10.0. The second-order valence-corrected chi connectivity index (χ2v) is 15.6.